The summed E-state index contributed by atoms with van der Waals surface area (Å²) in [7, 11) is 0. The first-order valence-electron chi connectivity index (χ1n) is 4.99. The lowest BCUT2D eigenvalue weighted by molar-refractivity contribution is 0.440. The van der Waals surface area contributed by atoms with Gasteiger partial charge in [0, 0.05) is 5.69 Å². The highest BCUT2D eigenvalue weighted by Gasteiger charge is 2.06. The highest BCUT2D eigenvalue weighted by molar-refractivity contribution is 5.38. The average molecular weight is 228 g/mol. The van der Waals surface area contributed by atoms with E-state index in [1.807, 2.05) is 13.0 Å². The summed E-state index contributed by atoms with van der Waals surface area (Å²) in [5.41, 5.74) is 1.12. The first-order valence-corrected chi connectivity index (χ1v) is 4.99. The van der Waals surface area contributed by atoms with Gasteiger partial charge in [0.15, 0.2) is 11.6 Å². The molecule has 0 fully saturated rings. The van der Waals surface area contributed by atoms with Crippen molar-refractivity contribution in [2.45, 2.75) is 6.92 Å². The Morgan fingerprint density at radius 3 is 2.71 bits per heavy atom. The van der Waals surface area contributed by atoms with Gasteiger partial charge in [0.2, 0.25) is 0 Å². The minimum atomic E-state index is -0.565. The van der Waals surface area contributed by atoms with Gasteiger partial charge in [0.25, 0.3) is 0 Å². The molecule has 17 heavy (non-hydrogen) atoms. The van der Waals surface area contributed by atoms with Crippen LogP contribution in [0, 0.1) is 24.1 Å². The van der Waals surface area contributed by atoms with Crippen molar-refractivity contribution in [3.63, 3.8) is 0 Å². The smallest absolute Gasteiger partial charge is 0.167 e. The zero-order chi connectivity index (χ0) is 12.3. The van der Waals surface area contributed by atoms with Crippen molar-refractivity contribution >= 4 is 0 Å². The van der Waals surface area contributed by atoms with Crippen LogP contribution in [0.4, 0.5) is 4.39 Å². The van der Waals surface area contributed by atoms with Gasteiger partial charge >= 0.3 is 0 Å². The van der Waals surface area contributed by atoms with Gasteiger partial charge in [-0.3, -0.25) is 4.98 Å². The minimum absolute atomic E-state index is 0.0784. The summed E-state index contributed by atoms with van der Waals surface area (Å²) in [6.45, 7) is 1.85. The molecule has 4 heteroatoms. The molecular formula is C13H9FN2O. The van der Waals surface area contributed by atoms with Crippen LogP contribution in [0.3, 0.4) is 0 Å². The Bertz CT molecular complexity index is 573. The summed E-state index contributed by atoms with van der Waals surface area (Å²) in [6, 6.07) is 9.40. The molecule has 2 rings (SSSR count). The predicted octanol–water partition coefficient (Wildman–Crippen LogP) is 3.19. The highest BCUT2D eigenvalue weighted by atomic mass is 19.1. The molecule has 0 N–H and O–H groups in total. The summed E-state index contributed by atoms with van der Waals surface area (Å²) in [6.07, 6.45) is 1.52. The number of aromatic nitrogens is 1. The van der Waals surface area contributed by atoms with Crippen molar-refractivity contribution in [1.82, 2.24) is 4.98 Å². The van der Waals surface area contributed by atoms with Crippen LogP contribution in [-0.2, 0) is 0 Å². The second-order valence-electron chi connectivity index (χ2n) is 3.49. The molecule has 0 aliphatic heterocycles. The molecule has 0 saturated carbocycles. The van der Waals surface area contributed by atoms with E-state index in [1.54, 1.807) is 12.1 Å². The van der Waals surface area contributed by atoms with E-state index in [4.69, 9.17) is 10.00 Å². The highest BCUT2D eigenvalue weighted by Crippen LogP contribution is 2.24. The van der Waals surface area contributed by atoms with Crippen molar-refractivity contribution in [2.75, 3.05) is 0 Å². The van der Waals surface area contributed by atoms with Gasteiger partial charge < -0.3 is 4.74 Å². The second kappa shape index (κ2) is 4.62. The molecule has 3 nitrogen and oxygen atoms in total. The molecule has 0 bridgehead atoms. The summed E-state index contributed by atoms with van der Waals surface area (Å²) in [4.78, 5) is 4.04. The molecule has 0 saturated heterocycles. The van der Waals surface area contributed by atoms with Crippen LogP contribution in [0.1, 0.15) is 11.3 Å². The third-order valence-electron chi connectivity index (χ3n) is 2.17. The predicted molar refractivity (Wildman–Crippen MR) is 60.2 cm³/mol. The first-order chi connectivity index (χ1) is 8.19. The lowest BCUT2D eigenvalue weighted by atomic mass is 10.2. The fourth-order valence-corrected chi connectivity index (χ4v) is 1.29. The van der Waals surface area contributed by atoms with E-state index in [-0.39, 0.29) is 11.3 Å². The Morgan fingerprint density at radius 2 is 2.12 bits per heavy atom. The Balaban J connectivity index is 2.25. The number of rotatable bonds is 2. The molecule has 1 aromatic carbocycles. The number of ether oxygens (including phenoxy) is 1. The van der Waals surface area contributed by atoms with Gasteiger partial charge in [-0.15, -0.1) is 0 Å². The second-order valence-corrected chi connectivity index (χ2v) is 3.49. The lowest BCUT2D eigenvalue weighted by Crippen LogP contribution is -1.90. The quantitative estimate of drug-likeness (QED) is 0.792. The molecule has 0 aliphatic carbocycles. The zero-order valence-corrected chi connectivity index (χ0v) is 9.14. The van der Waals surface area contributed by atoms with Gasteiger partial charge in [-0.05, 0) is 37.3 Å². The molecule has 0 aliphatic rings. The first kappa shape index (κ1) is 11.1. The van der Waals surface area contributed by atoms with Crippen molar-refractivity contribution in [2.24, 2.45) is 0 Å². The van der Waals surface area contributed by atoms with Crippen molar-refractivity contribution in [3.05, 3.63) is 53.6 Å². The fourth-order valence-electron chi connectivity index (χ4n) is 1.29. The molecule has 0 spiro atoms. The molecule has 0 atom stereocenters. The van der Waals surface area contributed by atoms with E-state index >= 15 is 0 Å². The minimum Gasteiger partial charge on any atom is -0.453 e. The summed E-state index contributed by atoms with van der Waals surface area (Å²) in [5.74, 6) is -0.0292. The number of benzene rings is 1. The van der Waals surface area contributed by atoms with Gasteiger partial charge in [-0.25, -0.2) is 4.39 Å². The maximum absolute atomic E-state index is 13.5. The van der Waals surface area contributed by atoms with E-state index in [0.29, 0.717) is 5.75 Å². The van der Waals surface area contributed by atoms with Crippen molar-refractivity contribution < 1.29 is 9.13 Å². The van der Waals surface area contributed by atoms with Gasteiger partial charge in [-0.2, -0.15) is 5.26 Å². The molecule has 0 radical (unpaired) electrons. The number of halogens is 1. The Hall–Kier alpha value is -2.41. The zero-order valence-electron chi connectivity index (χ0n) is 9.14. The summed E-state index contributed by atoms with van der Waals surface area (Å²) in [5, 5.41) is 8.61. The van der Waals surface area contributed by atoms with Crippen LogP contribution in [0.25, 0.3) is 0 Å². The largest absolute Gasteiger partial charge is 0.453 e. The molecule has 1 heterocycles. The van der Waals surface area contributed by atoms with Crippen LogP contribution in [0.15, 0.2) is 36.5 Å². The molecule has 2 aromatic rings. The van der Waals surface area contributed by atoms with Crippen LogP contribution >= 0.6 is 0 Å². The van der Waals surface area contributed by atoms with E-state index < -0.39 is 5.82 Å². The number of hydrogen-bond donors (Lipinski definition) is 0. The normalized spacial score (nSPS) is 9.71. The maximum Gasteiger partial charge on any atom is 0.167 e. The third-order valence-corrected chi connectivity index (χ3v) is 2.17. The molecule has 0 amide bonds. The number of hydrogen-bond acceptors (Lipinski definition) is 3. The summed E-state index contributed by atoms with van der Waals surface area (Å²) >= 11 is 0. The topological polar surface area (TPSA) is 45.9 Å². The standard InChI is InChI=1S/C13H9FN2O/c1-9-2-4-11(8-16-9)17-13-5-3-10(7-15)6-12(13)14/h2-6,8H,1H3. The third kappa shape index (κ3) is 2.58. The number of nitriles is 1. The van der Waals surface area contributed by atoms with Crippen LogP contribution < -0.4 is 4.74 Å². The molecule has 84 valence electrons. The summed E-state index contributed by atoms with van der Waals surface area (Å²) < 4.78 is 18.8. The Kier molecular flexibility index (Phi) is 3.01. The molecule has 0 unspecified atom stereocenters. The fraction of sp³-hybridized carbons (Fsp3) is 0.0769. The van der Waals surface area contributed by atoms with E-state index in [1.165, 1.54) is 18.3 Å². The van der Waals surface area contributed by atoms with E-state index in [0.717, 1.165) is 11.8 Å². The molecular weight excluding hydrogens is 219 g/mol. The average Bonchev–Trinajstić information content (AvgIpc) is 2.34. The Labute approximate surface area is 98.1 Å². The van der Waals surface area contributed by atoms with Gasteiger partial charge in [0.05, 0.1) is 17.8 Å². The van der Waals surface area contributed by atoms with Crippen LogP contribution in [0.5, 0.6) is 11.5 Å². The van der Waals surface area contributed by atoms with E-state index in [2.05, 4.69) is 4.98 Å². The van der Waals surface area contributed by atoms with Crippen molar-refractivity contribution in [1.29, 1.82) is 5.26 Å². The lowest BCUT2D eigenvalue weighted by Gasteiger charge is -2.06. The van der Waals surface area contributed by atoms with Crippen LogP contribution in [-0.4, -0.2) is 4.98 Å². The maximum atomic E-state index is 13.5. The Morgan fingerprint density at radius 1 is 1.29 bits per heavy atom. The number of nitrogens with zero attached hydrogens (tertiary/aromatic N) is 2. The van der Waals surface area contributed by atoms with Gasteiger partial charge in [0.1, 0.15) is 5.75 Å². The van der Waals surface area contributed by atoms with Gasteiger partial charge in [-0.1, -0.05) is 0 Å². The monoisotopic (exact) mass is 228 g/mol. The molecule has 1 aromatic heterocycles. The van der Waals surface area contributed by atoms with E-state index in [9.17, 15) is 4.39 Å². The van der Waals surface area contributed by atoms with Crippen LogP contribution in [0.2, 0.25) is 0 Å². The number of aryl methyl sites for hydroxylation is 1. The SMILES string of the molecule is Cc1ccc(Oc2ccc(C#N)cc2F)cn1. The van der Waals surface area contributed by atoms with Crippen molar-refractivity contribution in [3.8, 4) is 17.6 Å². The number of pyridine rings is 1.